The molecule has 0 saturated heterocycles. The lowest BCUT2D eigenvalue weighted by atomic mass is 10.1. The topological polar surface area (TPSA) is 92.5 Å². The fourth-order valence-corrected chi connectivity index (χ4v) is 3.56. The molecular formula is C18H17N3O4S. The summed E-state index contributed by atoms with van der Waals surface area (Å²) in [6, 6.07) is 7.88. The highest BCUT2D eigenvalue weighted by Gasteiger charge is 2.21. The molecule has 0 radical (unpaired) electrons. The summed E-state index contributed by atoms with van der Waals surface area (Å²) >= 11 is 1.71. The molecule has 7 nitrogen and oxygen atoms in total. The molecular weight excluding hydrogens is 354 g/mol. The molecule has 2 heterocycles. The number of nitrogens with one attached hydrogen (secondary N) is 1. The van der Waals surface area contributed by atoms with Gasteiger partial charge in [-0.05, 0) is 47.2 Å². The first kappa shape index (κ1) is 17.8. The van der Waals surface area contributed by atoms with Gasteiger partial charge in [0.25, 0.3) is 5.69 Å². The van der Waals surface area contributed by atoms with E-state index in [1.807, 2.05) is 11.4 Å². The van der Waals surface area contributed by atoms with Gasteiger partial charge in [0.2, 0.25) is 11.8 Å². The minimum atomic E-state index is -0.481. The van der Waals surface area contributed by atoms with Crippen LogP contribution in [0, 0.1) is 10.1 Å². The van der Waals surface area contributed by atoms with Crippen molar-refractivity contribution >= 4 is 34.9 Å². The van der Waals surface area contributed by atoms with Gasteiger partial charge >= 0.3 is 0 Å². The summed E-state index contributed by atoms with van der Waals surface area (Å²) in [5, 5.41) is 15.2. The number of thiophene rings is 1. The van der Waals surface area contributed by atoms with Crippen molar-refractivity contribution in [3.05, 3.63) is 67.9 Å². The van der Waals surface area contributed by atoms with Crippen LogP contribution in [0.2, 0.25) is 0 Å². The molecule has 1 aromatic carbocycles. The Morgan fingerprint density at radius 2 is 2.04 bits per heavy atom. The Morgan fingerprint density at radius 1 is 1.27 bits per heavy atom. The lowest BCUT2D eigenvalue weighted by molar-refractivity contribution is -0.384. The Labute approximate surface area is 154 Å². The fraction of sp³-hybridized carbons (Fsp3) is 0.222. The van der Waals surface area contributed by atoms with Gasteiger partial charge < -0.3 is 10.2 Å². The second-order valence-corrected chi connectivity index (χ2v) is 6.83. The van der Waals surface area contributed by atoms with E-state index in [9.17, 15) is 19.7 Å². The highest BCUT2D eigenvalue weighted by atomic mass is 32.1. The predicted octanol–water partition coefficient (Wildman–Crippen LogP) is 2.37. The van der Waals surface area contributed by atoms with E-state index in [1.165, 1.54) is 28.6 Å². The molecule has 26 heavy (non-hydrogen) atoms. The monoisotopic (exact) mass is 371 g/mol. The molecule has 0 unspecified atom stereocenters. The van der Waals surface area contributed by atoms with Crippen LogP contribution >= 0.6 is 11.3 Å². The maximum absolute atomic E-state index is 12.2. The van der Waals surface area contributed by atoms with Crippen LogP contribution in [-0.2, 0) is 22.6 Å². The van der Waals surface area contributed by atoms with Gasteiger partial charge in [-0.25, -0.2) is 0 Å². The van der Waals surface area contributed by atoms with Crippen LogP contribution in [0.4, 0.5) is 5.69 Å². The molecule has 1 N–H and O–H groups in total. The van der Waals surface area contributed by atoms with E-state index < -0.39 is 4.92 Å². The molecule has 3 rings (SSSR count). The maximum atomic E-state index is 12.2. The van der Waals surface area contributed by atoms with E-state index in [-0.39, 0.29) is 24.0 Å². The van der Waals surface area contributed by atoms with Gasteiger partial charge in [0.05, 0.1) is 11.5 Å². The molecule has 8 heteroatoms. The number of hydrogen-bond donors (Lipinski definition) is 1. The first-order chi connectivity index (χ1) is 12.5. The summed E-state index contributed by atoms with van der Waals surface area (Å²) in [4.78, 5) is 37.3. The third kappa shape index (κ3) is 4.34. The first-order valence-corrected chi connectivity index (χ1v) is 8.94. The number of amides is 2. The van der Waals surface area contributed by atoms with Gasteiger partial charge in [0, 0.05) is 36.2 Å². The second-order valence-electron chi connectivity index (χ2n) is 5.83. The number of nitro benzene ring substituents is 1. The molecule has 1 aromatic heterocycles. The highest BCUT2D eigenvalue weighted by molar-refractivity contribution is 7.10. The summed E-state index contributed by atoms with van der Waals surface area (Å²) in [7, 11) is 0. The Hall–Kier alpha value is -3.00. The van der Waals surface area contributed by atoms with Crippen LogP contribution in [0.25, 0.3) is 6.08 Å². The minimum Gasteiger partial charge on any atom is -0.343 e. The number of nitrogens with zero attached hydrogens (tertiary/aromatic N) is 2. The van der Waals surface area contributed by atoms with Crippen molar-refractivity contribution in [1.82, 2.24) is 10.2 Å². The second kappa shape index (κ2) is 7.92. The minimum absolute atomic E-state index is 0.00694. The summed E-state index contributed by atoms with van der Waals surface area (Å²) in [6.45, 7) is 1.20. The number of fused-ring (bicyclic) bond motifs is 1. The van der Waals surface area contributed by atoms with Crippen LogP contribution in [0.15, 0.2) is 41.8 Å². The van der Waals surface area contributed by atoms with Crippen molar-refractivity contribution in [1.29, 1.82) is 0 Å². The van der Waals surface area contributed by atoms with Crippen molar-refractivity contribution < 1.29 is 14.5 Å². The van der Waals surface area contributed by atoms with Crippen LogP contribution < -0.4 is 5.32 Å². The largest absolute Gasteiger partial charge is 0.343 e. The molecule has 0 atom stereocenters. The summed E-state index contributed by atoms with van der Waals surface area (Å²) in [5.41, 5.74) is 1.84. The Morgan fingerprint density at radius 3 is 2.77 bits per heavy atom. The number of rotatable bonds is 5. The maximum Gasteiger partial charge on any atom is 0.269 e. The number of hydrogen-bond acceptors (Lipinski definition) is 5. The van der Waals surface area contributed by atoms with E-state index >= 15 is 0 Å². The molecule has 0 bridgehead atoms. The molecule has 2 aromatic rings. The lowest BCUT2D eigenvalue weighted by Crippen LogP contribution is -2.41. The van der Waals surface area contributed by atoms with E-state index in [1.54, 1.807) is 34.4 Å². The zero-order chi connectivity index (χ0) is 18.5. The quantitative estimate of drug-likeness (QED) is 0.496. The van der Waals surface area contributed by atoms with Crippen LogP contribution in [-0.4, -0.2) is 34.7 Å². The van der Waals surface area contributed by atoms with Gasteiger partial charge in [-0.15, -0.1) is 11.3 Å². The molecule has 0 saturated carbocycles. The van der Waals surface area contributed by atoms with Gasteiger partial charge in [-0.1, -0.05) is 0 Å². The smallest absolute Gasteiger partial charge is 0.269 e. The molecule has 1 aliphatic rings. The first-order valence-electron chi connectivity index (χ1n) is 8.06. The molecule has 2 amide bonds. The molecule has 0 aliphatic carbocycles. The van der Waals surface area contributed by atoms with Crippen molar-refractivity contribution in [3.8, 4) is 0 Å². The van der Waals surface area contributed by atoms with Crippen LogP contribution in [0.5, 0.6) is 0 Å². The van der Waals surface area contributed by atoms with E-state index in [4.69, 9.17) is 0 Å². The average Bonchev–Trinajstić information content (AvgIpc) is 3.12. The number of nitro groups is 1. The molecule has 0 spiro atoms. The standard InChI is InChI=1S/C18H17N3O4S/c22-17(6-3-13-1-4-15(5-2-13)21(24)25)19-11-18(23)20-9-7-16-14(12-20)8-10-26-16/h1-6,8,10H,7,9,11-12H2,(H,19,22). The lowest BCUT2D eigenvalue weighted by Gasteiger charge is -2.27. The SMILES string of the molecule is O=C(C=Cc1ccc([N+](=O)[O-])cc1)NCC(=O)N1CCc2sccc2C1. The Kier molecular flexibility index (Phi) is 5.43. The van der Waals surface area contributed by atoms with E-state index in [2.05, 4.69) is 5.32 Å². The van der Waals surface area contributed by atoms with Gasteiger partial charge in [0.1, 0.15) is 0 Å². The zero-order valence-electron chi connectivity index (χ0n) is 13.9. The zero-order valence-corrected chi connectivity index (χ0v) is 14.7. The normalized spacial score (nSPS) is 13.5. The number of carbonyl (C=O) groups is 2. The van der Waals surface area contributed by atoms with E-state index in [0.29, 0.717) is 18.7 Å². The van der Waals surface area contributed by atoms with Crippen molar-refractivity contribution in [2.75, 3.05) is 13.1 Å². The number of non-ortho nitro benzene ring substituents is 1. The predicted molar refractivity (Wildman–Crippen MR) is 98.6 cm³/mol. The fourth-order valence-electron chi connectivity index (χ4n) is 2.67. The van der Waals surface area contributed by atoms with Gasteiger partial charge in [0.15, 0.2) is 0 Å². The summed E-state index contributed by atoms with van der Waals surface area (Å²) in [6.07, 6.45) is 3.70. The number of benzene rings is 1. The van der Waals surface area contributed by atoms with Gasteiger partial charge in [-0.2, -0.15) is 0 Å². The molecule has 0 fully saturated rings. The van der Waals surface area contributed by atoms with Gasteiger partial charge in [-0.3, -0.25) is 19.7 Å². The summed E-state index contributed by atoms with van der Waals surface area (Å²) in [5.74, 6) is -0.496. The molecule has 134 valence electrons. The Bertz CT molecular complexity index is 858. The third-order valence-corrected chi connectivity index (χ3v) is 5.13. The summed E-state index contributed by atoms with van der Waals surface area (Å²) < 4.78 is 0. The van der Waals surface area contributed by atoms with E-state index in [0.717, 1.165) is 6.42 Å². The number of carbonyl (C=O) groups excluding carboxylic acids is 2. The third-order valence-electron chi connectivity index (χ3n) is 4.11. The Balaban J connectivity index is 1.48. The average molecular weight is 371 g/mol. The van der Waals surface area contributed by atoms with Crippen molar-refractivity contribution in [2.24, 2.45) is 0 Å². The van der Waals surface area contributed by atoms with Crippen LogP contribution in [0.3, 0.4) is 0 Å². The highest BCUT2D eigenvalue weighted by Crippen LogP contribution is 2.23. The van der Waals surface area contributed by atoms with Crippen molar-refractivity contribution in [3.63, 3.8) is 0 Å². The molecule has 1 aliphatic heterocycles. The van der Waals surface area contributed by atoms with Crippen LogP contribution in [0.1, 0.15) is 16.0 Å². The van der Waals surface area contributed by atoms with Crippen molar-refractivity contribution in [2.45, 2.75) is 13.0 Å².